The average molecular weight is 1620 g/mol. The molecule has 21 nitrogen and oxygen atoms in total. The van der Waals surface area contributed by atoms with E-state index in [1.54, 1.807) is 18.6 Å². The minimum absolute atomic E-state index is 0. The zero-order valence-corrected chi connectivity index (χ0v) is 51.9. The van der Waals surface area contributed by atoms with Gasteiger partial charge in [0.15, 0.2) is 17.5 Å². The third-order valence-corrected chi connectivity index (χ3v) is 12.2. The van der Waals surface area contributed by atoms with Gasteiger partial charge in [-0.3, -0.25) is 29.4 Å². The Morgan fingerprint density at radius 1 is 0.487 bits per heavy atom. The molecular formula is C45H60F9N18O3W3-3. The van der Waals surface area contributed by atoms with E-state index in [-0.39, 0.29) is 85.5 Å². The molecule has 0 radical (unpaired) electrons. The van der Waals surface area contributed by atoms with Crippen LogP contribution in [0.5, 0.6) is 0 Å². The molecule has 1 unspecified atom stereocenters. The van der Waals surface area contributed by atoms with Gasteiger partial charge in [-0.25, -0.2) is 44.9 Å². The van der Waals surface area contributed by atoms with Crippen molar-refractivity contribution in [3.8, 4) is 0 Å². The van der Waals surface area contributed by atoms with Gasteiger partial charge in [0.2, 0.25) is 17.7 Å². The second-order valence-electron chi connectivity index (χ2n) is 17.1. The van der Waals surface area contributed by atoms with Crippen molar-refractivity contribution in [2.45, 2.75) is 37.8 Å². The van der Waals surface area contributed by atoms with Crippen LogP contribution in [0.1, 0.15) is 19.3 Å². The number of rotatable bonds is 12. The van der Waals surface area contributed by atoms with Gasteiger partial charge in [-0.2, -0.15) is 39.5 Å². The maximum Gasteiger partial charge on any atom is 0.405 e. The number of anilines is 3. The summed E-state index contributed by atoms with van der Waals surface area (Å²) in [6.45, 7) is -1.16. The number of H-pyrrole nitrogens is 3. The van der Waals surface area contributed by atoms with Gasteiger partial charge in [0.1, 0.15) is 55.6 Å². The Hall–Kier alpha value is -5.02. The van der Waals surface area contributed by atoms with Gasteiger partial charge in [0, 0.05) is 142 Å². The third-order valence-electron chi connectivity index (χ3n) is 12.2. The summed E-state index contributed by atoms with van der Waals surface area (Å²) in [4.78, 5) is 69.8. The van der Waals surface area contributed by atoms with Gasteiger partial charge < -0.3 is 53.2 Å². The van der Waals surface area contributed by atoms with Crippen LogP contribution in [0.15, 0.2) is 55.8 Å². The zero-order valence-electron chi connectivity index (χ0n) is 43.1. The molecule has 3 amide bonds. The standard InChI is InChI=1S/3C14H17F3N6O.3CH3.3W/c3*1-22(12-10-2-4-18-11(10)20-8-21-12)23-5-3-9(6-23)13(24)19-7-14(15,16)17;;;;;;/h3*2,4,8-9H,3,5-7H2,1H3,(H,19,24)(H,18,20,21);3*1H3;;;/q;;;3*-1;;;/t2*9-;;;;;;;/m10......./s1. The molecule has 3 aliphatic heterocycles. The fraction of sp³-hybridized carbons (Fsp3) is 0.467. The Morgan fingerprint density at radius 2 is 0.731 bits per heavy atom. The number of carbonyl (C=O) groups excluding carboxylic acids is 3. The smallest absolute Gasteiger partial charge is 0.358 e. The van der Waals surface area contributed by atoms with Gasteiger partial charge >= 0.3 is 18.5 Å². The largest absolute Gasteiger partial charge is 0.405 e. The fourth-order valence-electron chi connectivity index (χ4n) is 8.43. The molecule has 6 aromatic heterocycles. The maximum absolute atomic E-state index is 12.2. The van der Waals surface area contributed by atoms with Crippen molar-refractivity contribution < 1.29 is 117 Å². The molecule has 6 aromatic rings. The van der Waals surface area contributed by atoms with Crippen LogP contribution in [-0.2, 0) is 77.6 Å². The Morgan fingerprint density at radius 3 is 0.962 bits per heavy atom. The molecule has 0 aliphatic carbocycles. The van der Waals surface area contributed by atoms with Crippen molar-refractivity contribution in [1.29, 1.82) is 0 Å². The van der Waals surface area contributed by atoms with E-state index in [0.29, 0.717) is 92.9 Å². The molecule has 3 aliphatic rings. The molecule has 3 saturated heterocycles. The molecule has 3 atom stereocenters. The number of nitrogens with one attached hydrogen (secondary N) is 6. The normalized spacial score (nSPS) is 17.5. The molecule has 3 fully saturated rings. The SMILES string of the molecule is CN(c1ncnc2[nH]ccc12)N1CCC(C(=O)NCC(F)(F)F)C1.CN(c1ncnc2[nH]ccc12)N1CC[C@@H](C(=O)NCC(F)(F)F)C1.CN(c1ncnc2[nH]ccc12)N1CC[C@H](C(=O)NCC(F)(F)F)C1.[CH3-].[CH3-].[CH3-].[W].[W].[W]. The molecular weight excluding hydrogens is 1560 g/mol. The van der Waals surface area contributed by atoms with E-state index >= 15 is 0 Å². The van der Waals surface area contributed by atoms with E-state index in [0.717, 1.165) is 16.2 Å². The van der Waals surface area contributed by atoms with Crippen LogP contribution in [0.4, 0.5) is 57.0 Å². The number of amides is 3. The number of hydrogen-bond acceptors (Lipinski definition) is 15. The van der Waals surface area contributed by atoms with E-state index in [1.807, 2.05) is 85.3 Å². The number of hydrogen-bond donors (Lipinski definition) is 6. The zero-order chi connectivity index (χ0) is 52.0. The molecule has 432 valence electrons. The van der Waals surface area contributed by atoms with Crippen LogP contribution < -0.4 is 31.0 Å². The summed E-state index contributed by atoms with van der Waals surface area (Å²) in [5.74, 6) is -1.10. The summed E-state index contributed by atoms with van der Waals surface area (Å²) in [5.41, 5.74) is 2.10. The summed E-state index contributed by atoms with van der Waals surface area (Å²) in [6, 6.07) is 5.56. The van der Waals surface area contributed by atoms with Gasteiger partial charge in [-0.15, -0.1) is 0 Å². The molecule has 0 saturated carbocycles. The number of fused-ring (bicyclic) bond motifs is 3. The summed E-state index contributed by atoms with van der Waals surface area (Å²) in [5, 5.41) is 19.5. The second-order valence-corrected chi connectivity index (χ2v) is 17.1. The first kappa shape index (κ1) is 71.0. The molecule has 78 heavy (non-hydrogen) atoms. The van der Waals surface area contributed by atoms with Crippen LogP contribution >= 0.6 is 0 Å². The summed E-state index contributed by atoms with van der Waals surface area (Å²) < 4.78 is 110. The van der Waals surface area contributed by atoms with Crippen molar-refractivity contribution in [3.63, 3.8) is 0 Å². The summed E-state index contributed by atoms with van der Waals surface area (Å²) in [7, 11) is 5.43. The van der Waals surface area contributed by atoms with E-state index < -0.39 is 73.6 Å². The first-order valence-electron chi connectivity index (χ1n) is 22.4. The second kappa shape index (κ2) is 30.5. The van der Waals surface area contributed by atoms with Crippen molar-refractivity contribution in [2.75, 3.05) is 95.1 Å². The average Bonchev–Trinajstić information content (AvgIpc) is 4.20. The summed E-state index contributed by atoms with van der Waals surface area (Å²) >= 11 is 0. The number of carbonyl (C=O) groups is 3. The number of aromatic nitrogens is 9. The number of nitrogens with zero attached hydrogens (tertiary/aromatic N) is 12. The van der Waals surface area contributed by atoms with Gasteiger partial charge in [-0.05, 0) is 37.5 Å². The number of halogens is 9. The topological polar surface area (TPSA) is 231 Å². The Bertz CT molecular complexity index is 2510. The molecule has 6 N–H and O–H groups in total. The van der Waals surface area contributed by atoms with Crippen LogP contribution in [-0.4, -0.2) is 176 Å². The van der Waals surface area contributed by atoms with Crippen LogP contribution in [0.25, 0.3) is 33.1 Å². The maximum atomic E-state index is 12.2. The minimum Gasteiger partial charge on any atom is -0.358 e. The predicted octanol–water partition coefficient (Wildman–Crippen LogP) is 5.27. The molecule has 9 rings (SSSR count). The van der Waals surface area contributed by atoms with Gasteiger partial charge in [0.05, 0.1) is 33.9 Å². The first-order chi connectivity index (χ1) is 34.0. The van der Waals surface area contributed by atoms with Gasteiger partial charge in [-0.1, -0.05) is 0 Å². The van der Waals surface area contributed by atoms with Gasteiger partial charge in [0.25, 0.3) is 0 Å². The number of alkyl halides is 9. The summed E-state index contributed by atoms with van der Waals surface area (Å²) in [6.07, 6.45) is -2.12. The Balaban J connectivity index is 0.000000563. The first-order valence-corrected chi connectivity index (χ1v) is 22.4. The van der Waals surface area contributed by atoms with Crippen molar-refractivity contribution in [2.24, 2.45) is 17.8 Å². The van der Waals surface area contributed by atoms with E-state index in [9.17, 15) is 53.9 Å². The van der Waals surface area contributed by atoms with Crippen molar-refractivity contribution in [3.05, 3.63) is 78.1 Å². The Labute approximate surface area is 487 Å². The molecule has 0 spiro atoms. The van der Waals surface area contributed by atoms with Crippen LogP contribution in [0, 0.1) is 40.0 Å². The Kier molecular flexibility index (Phi) is 27.8. The molecule has 0 aromatic carbocycles. The molecule has 9 heterocycles. The van der Waals surface area contributed by atoms with E-state index in [2.05, 4.69) is 44.9 Å². The van der Waals surface area contributed by atoms with E-state index in [4.69, 9.17) is 0 Å². The number of hydrazine groups is 3. The van der Waals surface area contributed by atoms with Crippen LogP contribution in [0.2, 0.25) is 0 Å². The number of aromatic amines is 3. The third kappa shape index (κ3) is 18.8. The predicted molar refractivity (Wildman–Crippen MR) is 262 cm³/mol. The van der Waals surface area contributed by atoms with E-state index in [1.165, 1.54) is 19.0 Å². The van der Waals surface area contributed by atoms with Crippen LogP contribution in [0.3, 0.4) is 0 Å². The quantitative estimate of drug-likeness (QED) is 0.0677. The monoisotopic (exact) mass is 1620 g/mol. The van der Waals surface area contributed by atoms with Crippen molar-refractivity contribution in [1.82, 2.24) is 75.8 Å². The molecule has 0 bridgehead atoms. The van der Waals surface area contributed by atoms with Crippen molar-refractivity contribution >= 4 is 68.3 Å². The molecule has 33 heteroatoms. The minimum atomic E-state index is -4.40. The fourth-order valence-corrected chi connectivity index (χ4v) is 8.43.